The van der Waals surface area contributed by atoms with Crippen LogP contribution in [0.25, 0.3) is 28.0 Å². The van der Waals surface area contributed by atoms with Gasteiger partial charge in [-0.15, -0.1) is 5.10 Å². The number of aryl methyl sites for hydroxylation is 1. The van der Waals surface area contributed by atoms with Gasteiger partial charge >= 0.3 is 5.69 Å². The summed E-state index contributed by atoms with van der Waals surface area (Å²) in [6.45, 7) is 1.77. The number of H-pyrrole nitrogens is 1. The first-order valence-electron chi connectivity index (χ1n) is 10.1. The Bertz CT molecular complexity index is 1600. The molecule has 33 heavy (non-hydrogen) atoms. The zero-order valence-electron chi connectivity index (χ0n) is 17.5. The molecule has 0 bridgehead atoms. The average molecular weight is 443 g/mol. The van der Waals surface area contributed by atoms with Crippen molar-refractivity contribution in [1.82, 2.24) is 29.1 Å². The molecule has 0 spiro atoms. The van der Waals surface area contributed by atoms with Crippen LogP contribution in [0.4, 0.5) is 10.3 Å². The van der Waals surface area contributed by atoms with Gasteiger partial charge in [-0.05, 0) is 30.7 Å². The van der Waals surface area contributed by atoms with Crippen LogP contribution in [0.3, 0.4) is 0 Å². The maximum Gasteiger partial charge on any atom is 0.353 e. The normalized spacial score (nSPS) is 11.2. The van der Waals surface area contributed by atoms with Gasteiger partial charge in [-0.2, -0.15) is 0 Å². The summed E-state index contributed by atoms with van der Waals surface area (Å²) >= 11 is 0. The highest BCUT2D eigenvalue weighted by atomic mass is 19.1. The fourth-order valence-corrected chi connectivity index (χ4v) is 3.76. The van der Waals surface area contributed by atoms with E-state index in [0.29, 0.717) is 28.2 Å². The van der Waals surface area contributed by atoms with Gasteiger partial charge in [0.2, 0.25) is 11.5 Å². The fourth-order valence-electron chi connectivity index (χ4n) is 3.76. The second-order valence-electron chi connectivity index (χ2n) is 7.54. The molecule has 0 aliphatic heterocycles. The van der Waals surface area contributed by atoms with Gasteiger partial charge in [0.15, 0.2) is 5.65 Å². The Morgan fingerprint density at radius 2 is 1.85 bits per heavy atom. The Labute approximate surface area is 186 Å². The number of fused-ring (bicyclic) bond motifs is 1. The van der Waals surface area contributed by atoms with E-state index in [-0.39, 0.29) is 23.7 Å². The molecule has 0 atom stereocenters. The monoisotopic (exact) mass is 443 g/mol. The molecule has 10 heteroatoms. The minimum absolute atomic E-state index is 0.00868. The molecule has 0 saturated heterocycles. The first kappa shape index (κ1) is 20.3. The Hall–Kier alpha value is -4.60. The average Bonchev–Trinajstić information content (AvgIpc) is 3.11. The predicted molar refractivity (Wildman–Crippen MR) is 121 cm³/mol. The first-order chi connectivity index (χ1) is 15.9. The van der Waals surface area contributed by atoms with Gasteiger partial charge in [0, 0.05) is 17.3 Å². The molecule has 4 aromatic heterocycles. The number of pyridine rings is 2. The maximum absolute atomic E-state index is 13.2. The van der Waals surface area contributed by atoms with Crippen molar-refractivity contribution in [3.05, 3.63) is 98.8 Å². The van der Waals surface area contributed by atoms with Crippen molar-refractivity contribution in [2.45, 2.75) is 13.5 Å². The standard InChI is InChI=1S/C23H18FN7O2/c1-13-9-15(10-18(32)27-13)19-20(14-5-3-2-4-6-14)28-22(25)31-21(19)29-30(23(31)33)12-17-8-7-16(24)11-26-17/h2-11H,12H2,1H3,(H2,25,28)(H,27,32). The van der Waals surface area contributed by atoms with Gasteiger partial charge in [0.25, 0.3) is 0 Å². The molecule has 1 aromatic carbocycles. The second kappa shape index (κ2) is 7.83. The molecular formula is C23H18FN7O2. The van der Waals surface area contributed by atoms with Gasteiger partial charge in [-0.3, -0.25) is 9.78 Å². The summed E-state index contributed by atoms with van der Waals surface area (Å²) in [7, 11) is 0. The summed E-state index contributed by atoms with van der Waals surface area (Å²) < 4.78 is 15.6. The second-order valence-corrected chi connectivity index (χ2v) is 7.54. The summed E-state index contributed by atoms with van der Waals surface area (Å²) in [5, 5.41) is 4.51. The lowest BCUT2D eigenvalue weighted by atomic mass is 10.0. The number of anilines is 1. The van der Waals surface area contributed by atoms with Gasteiger partial charge < -0.3 is 10.7 Å². The number of nitrogens with two attached hydrogens (primary N) is 1. The van der Waals surface area contributed by atoms with Crippen LogP contribution in [-0.4, -0.2) is 29.1 Å². The smallest absolute Gasteiger partial charge is 0.353 e. The number of halogens is 1. The van der Waals surface area contributed by atoms with Crippen molar-refractivity contribution in [2.75, 3.05) is 5.73 Å². The summed E-state index contributed by atoms with van der Waals surface area (Å²) in [4.78, 5) is 36.6. The lowest BCUT2D eigenvalue weighted by Gasteiger charge is -2.12. The van der Waals surface area contributed by atoms with Crippen LogP contribution in [0.2, 0.25) is 0 Å². The molecule has 9 nitrogen and oxygen atoms in total. The van der Waals surface area contributed by atoms with E-state index in [4.69, 9.17) is 5.73 Å². The van der Waals surface area contributed by atoms with Crippen molar-refractivity contribution >= 4 is 11.6 Å². The van der Waals surface area contributed by atoms with E-state index in [1.165, 1.54) is 27.3 Å². The number of nitrogens with one attached hydrogen (secondary N) is 1. The molecule has 0 amide bonds. The Balaban J connectivity index is 1.82. The number of benzene rings is 1. The lowest BCUT2D eigenvalue weighted by Crippen LogP contribution is -2.24. The topological polar surface area (TPSA) is 124 Å². The first-order valence-corrected chi connectivity index (χ1v) is 10.1. The largest absolute Gasteiger partial charge is 0.369 e. The third kappa shape index (κ3) is 3.67. The molecule has 0 saturated carbocycles. The van der Waals surface area contributed by atoms with E-state index in [9.17, 15) is 14.0 Å². The molecule has 5 rings (SSSR count). The van der Waals surface area contributed by atoms with Crippen molar-refractivity contribution in [2.24, 2.45) is 0 Å². The van der Waals surface area contributed by atoms with Crippen molar-refractivity contribution in [3.63, 3.8) is 0 Å². The van der Waals surface area contributed by atoms with Crippen LogP contribution in [0.1, 0.15) is 11.4 Å². The van der Waals surface area contributed by atoms with E-state index in [0.717, 1.165) is 11.8 Å². The number of nitrogens with zero attached hydrogens (tertiary/aromatic N) is 5. The Kier molecular flexibility index (Phi) is 4.82. The van der Waals surface area contributed by atoms with Gasteiger partial charge in [-0.1, -0.05) is 30.3 Å². The number of hydrogen-bond donors (Lipinski definition) is 2. The molecular weight excluding hydrogens is 425 g/mol. The van der Waals surface area contributed by atoms with Crippen molar-refractivity contribution in [3.8, 4) is 22.4 Å². The van der Waals surface area contributed by atoms with Gasteiger partial charge in [0.1, 0.15) is 5.82 Å². The lowest BCUT2D eigenvalue weighted by molar-refractivity contribution is 0.609. The number of hydrogen-bond acceptors (Lipinski definition) is 6. The minimum Gasteiger partial charge on any atom is -0.369 e. The Morgan fingerprint density at radius 1 is 1.06 bits per heavy atom. The number of rotatable bonds is 4. The molecule has 0 aliphatic rings. The van der Waals surface area contributed by atoms with E-state index in [2.05, 4.69) is 20.1 Å². The number of aromatic nitrogens is 6. The summed E-state index contributed by atoms with van der Waals surface area (Å²) in [6.07, 6.45) is 1.07. The summed E-state index contributed by atoms with van der Waals surface area (Å²) in [5.74, 6) is -0.522. The number of aromatic amines is 1. The SMILES string of the molecule is Cc1cc(-c2c(-c3ccccc3)nc(N)n3c(=O)n(Cc4ccc(F)cn4)nc23)cc(=O)[nH]1. The van der Waals surface area contributed by atoms with Crippen LogP contribution in [-0.2, 0) is 6.54 Å². The van der Waals surface area contributed by atoms with Crippen molar-refractivity contribution < 1.29 is 4.39 Å². The highest BCUT2D eigenvalue weighted by Crippen LogP contribution is 2.33. The van der Waals surface area contributed by atoms with Crippen molar-refractivity contribution in [1.29, 1.82) is 0 Å². The maximum atomic E-state index is 13.2. The zero-order valence-corrected chi connectivity index (χ0v) is 17.5. The highest BCUT2D eigenvalue weighted by molar-refractivity contribution is 5.90. The van der Waals surface area contributed by atoms with Crippen LogP contribution < -0.4 is 17.0 Å². The quantitative estimate of drug-likeness (QED) is 0.440. The van der Waals surface area contributed by atoms with Gasteiger partial charge in [0.05, 0.1) is 29.7 Å². The van der Waals surface area contributed by atoms with Crippen LogP contribution in [0.15, 0.2) is 70.4 Å². The third-order valence-electron chi connectivity index (χ3n) is 5.17. The van der Waals surface area contributed by atoms with Crippen LogP contribution in [0, 0.1) is 12.7 Å². The molecule has 0 unspecified atom stereocenters. The summed E-state index contributed by atoms with van der Waals surface area (Å²) in [6, 6.07) is 15.3. The number of nitrogen functional groups attached to an aromatic ring is 1. The third-order valence-corrected chi connectivity index (χ3v) is 5.17. The van der Waals surface area contributed by atoms with Crippen LogP contribution >= 0.6 is 0 Å². The predicted octanol–water partition coefficient (Wildman–Crippen LogP) is 2.39. The molecule has 3 N–H and O–H groups in total. The molecule has 0 aliphatic carbocycles. The van der Waals surface area contributed by atoms with Crippen LogP contribution in [0.5, 0.6) is 0 Å². The molecule has 4 heterocycles. The highest BCUT2D eigenvalue weighted by Gasteiger charge is 2.22. The van der Waals surface area contributed by atoms with E-state index >= 15 is 0 Å². The zero-order chi connectivity index (χ0) is 23.1. The Morgan fingerprint density at radius 3 is 2.55 bits per heavy atom. The van der Waals surface area contributed by atoms with E-state index < -0.39 is 11.5 Å². The van der Waals surface area contributed by atoms with E-state index in [1.54, 1.807) is 13.0 Å². The molecule has 0 radical (unpaired) electrons. The minimum atomic E-state index is -0.524. The molecule has 164 valence electrons. The summed E-state index contributed by atoms with van der Waals surface area (Å²) in [5.41, 5.74) is 8.99. The fraction of sp³-hybridized carbons (Fsp3) is 0.0870. The van der Waals surface area contributed by atoms with Gasteiger partial charge in [-0.25, -0.2) is 23.3 Å². The molecule has 5 aromatic rings. The molecule has 0 fully saturated rings. The van der Waals surface area contributed by atoms with E-state index in [1.807, 2.05) is 30.3 Å².